The molecule has 1 aliphatic carbocycles. The van der Waals surface area contributed by atoms with Crippen LogP contribution in [0.3, 0.4) is 0 Å². The second-order valence-corrected chi connectivity index (χ2v) is 7.26. The fraction of sp³-hybridized carbons (Fsp3) is 0.333. The van der Waals surface area contributed by atoms with Gasteiger partial charge in [0.05, 0.1) is 13.5 Å². The maximum atomic E-state index is 12.5. The molecule has 1 saturated carbocycles. The first-order valence-corrected chi connectivity index (χ1v) is 9.65. The molecule has 2 amide bonds. The lowest BCUT2D eigenvalue weighted by atomic mass is 10.1. The molecule has 4 rings (SSSR count). The van der Waals surface area contributed by atoms with Crippen LogP contribution in [0.5, 0.6) is 5.75 Å². The highest BCUT2D eigenvalue weighted by Gasteiger charge is 2.27. The second-order valence-electron chi connectivity index (χ2n) is 7.26. The molecule has 1 fully saturated rings. The standard InChI is InChI=1S/C21H23N5O3/c1-29-19-5-3-2-4-13(19)11-20(27)22-15-7-8-16(12-15)23-21(28)14-6-9-17-18(10-14)25-26-24-17/h2-6,9-10,15-16H,7-8,11-12H2,1H3,(H,22,27)(H,23,28)(H,24,25,26)/t15-,16+/m1/s1. The number of hydrogen-bond donors (Lipinski definition) is 3. The van der Waals surface area contributed by atoms with E-state index in [-0.39, 0.29) is 30.3 Å². The molecule has 0 spiro atoms. The number of nitrogens with one attached hydrogen (secondary N) is 3. The number of amides is 2. The molecule has 29 heavy (non-hydrogen) atoms. The number of carbonyl (C=O) groups excluding carboxylic acids is 2. The van der Waals surface area contributed by atoms with Gasteiger partial charge in [-0.1, -0.05) is 18.2 Å². The number of ether oxygens (including phenoxy) is 1. The van der Waals surface area contributed by atoms with Gasteiger partial charge in [-0.25, -0.2) is 0 Å². The van der Waals surface area contributed by atoms with Gasteiger partial charge in [-0.2, -0.15) is 15.4 Å². The lowest BCUT2D eigenvalue weighted by Crippen LogP contribution is -2.37. The molecule has 0 saturated heterocycles. The van der Waals surface area contributed by atoms with E-state index in [1.807, 2.05) is 24.3 Å². The third-order valence-electron chi connectivity index (χ3n) is 5.25. The van der Waals surface area contributed by atoms with E-state index in [0.29, 0.717) is 16.8 Å². The van der Waals surface area contributed by atoms with Crippen molar-refractivity contribution < 1.29 is 14.3 Å². The van der Waals surface area contributed by atoms with Gasteiger partial charge < -0.3 is 15.4 Å². The summed E-state index contributed by atoms with van der Waals surface area (Å²) in [4.78, 5) is 25.0. The molecule has 1 aromatic heterocycles. The quantitative estimate of drug-likeness (QED) is 0.593. The number of nitrogens with zero attached hydrogens (tertiary/aromatic N) is 2. The molecule has 0 aliphatic heterocycles. The normalized spacial score (nSPS) is 18.5. The van der Waals surface area contributed by atoms with Crippen molar-refractivity contribution in [1.82, 2.24) is 26.0 Å². The lowest BCUT2D eigenvalue weighted by molar-refractivity contribution is -0.121. The fourth-order valence-corrected chi connectivity index (χ4v) is 3.79. The van der Waals surface area contributed by atoms with Crippen molar-refractivity contribution in [3.63, 3.8) is 0 Å². The first-order chi connectivity index (χ1) is 14.1. The van der Waals surface area contributed by atoms with Crippen LogP contribution in [0.25, 0.3) is 11.0 Å². The summed E-state index contributed by atoms with van der Waals surface area (Å²) in [6.07, 6.45) is 2.66. The summed E-state index contributed by atoms with van der Waals surface area (Å²) in [6, 6.07) is 12.8. The summed E-state index contributed by atoms with van der Waals surface area (Å²) in [5.74, 6) is 0.534. The molecule has 8 nitrogen and oxygen atoms in total. The van der Waals surface area contributed by atoms with E-state index in [1.54, 1.807) is 25.3 Å². The van der Waals surface area contributed by atoms with E-state index in [0.717, 1.165) is 30.3 Å². The van der Waals surface area contributed by atoms with Gasteiger partial charge in [0.25, 0.3) is 5.91 Å². The summed E-state index contributed by atoms with van der Waals surface area (Å²) in [7, 11) is 1.60. The van der Waals surface area contributed by atoms with Crippen LogP contribution in [0.4, 0.5) is 0 Å². The monoisotopic (exact) mass is 393 g/mol. The highest BCUT2D eigenvalue weighted by atomic mass is 16.5. The molecule has 0 bridgehead atoms. The highest BCUT2D eigenvalue weighted by Crippen LogP contribution is 2.22. The maximum absolute atomic E-state index is 12.5. The van der Waals surface area contributed by atoms with Crippen molar-refractivity contribution in [3.05, 3.63) is 53.6 Å². The number of aromatic nitrogens is 3. The first-order valence-electron chi connectivity index (χ1n) is 9.65. The van der Waals surface area contributed by atoms with Gasteiger partial charge >= 0.3 is 0 Å². The third-order valence-corrected chi connectivity index (χ3v) is 5.25. The zero-order valence-corrected chi connectivity index (χ0v) is 16.1. The van der Waals surface area contributed by atoms with E-state index in [2.05, 4.69) is 26.0 Å². The van der Waals surface area contributed by atoms with E-state index >= 15 is 0 Å². The summed E-state index contributed by atoms with van der Waals surface area (Å²) < 4.78 is 5.30. The topological polar surface area (TPSA) is 109 Å². The Morgan fingerprint density at radius 1 is 1.07 bits per heavy atom. The number of rotatable bonds is 6. The Balaban J connectivity index is 1.29. The van der Waals surface area contributed by atoms with Gasteiger partial charge in [0.15, 0.2) is 0 Å². The van der Waals surface area contributed by atoms with Gasteiger partial charge in [-0.15, -0.1) is 0 Å². The Morgan fingerprint density at radius 3 is 2.66 bits per heavy atom. The Labute approximate surface area is 168 Å². The van der Waals surface area contributed by atoms with Crippen LogP contribution in [0, 0.1) is 0 Å². The molecule has 150 valence electrons. The molecule has 8 heteroatoms. The molecule has 2 atom stereocenters. The molecule has 0 unspecified atom stereocenters. The number of aromatic amines is 1. The summed E-state index contributed by atoms with van der Waals surface area (Å²) >= 11 is 0. The molecule has 3 aromatic rings. The van der Waals surface area contributed by atoms with Crippen molar-refractivity contribution in [3.8, 4) is 5.75 Å². The molecular weight excluding hydrogens is 370 g/mol. The Kier molecular flexibility index (Phi) is 5.41. The van der Waals surface area contributed by atoms with Crippen molar-refractivity contribution in [2.75, 3.05) is 7.11 Å². The predicted molar refractivity (Wildman–Crippen MR) is 108 cm³/mol. The van der Waals surface area contributed by atoms with Crippen LogP contribution in [0.2, 0.25) is 0 Å². The zero-order valence-electron chi connectivity index (χ0n) is 16.1. The van der Waals surface area contributed by atoms with Crippen LogP contribution < -0.4 is 15.4 Å². The van der Waals surface area contributed by atoms with Crippen molar-refractivity contribution in [1.29, 1.82) is 0 Å². The highest BCUT2D eigenvalue weighted by molar-refractivity contribution is 5.97. The summed E-state index contributed by atoms with van der Waals surface area (Å²) in [5.41, 5.74) is 2.79. The Hall–Kier alpha value is -3.42. The largest absolute Gasteiger partial charge is 0.496 e. The molecule has 1 aliphatic rings. The molecule has 2 aromatic carbocycles. The second kappa shape index (κ2) is 8.30. The van der Waals surface area contributed by atoms with Crippen LogP contribution in [-0.2, 0) is 11.2 Å². The number of para-hydroxylation sites is 1. The number of H-pyrrole nitrogens is 1. The van der Waals surface area contributed by atoms with E-state index in [1.165, 1.54) is 0 Å². The first kappa shape index (κ1) is 18.9. The van der Waals surface area contributed by atoms with Crippen molar-refractivity contribution in [2.45, 2.75) is 37.8 Å². The average molecular weight is 393 g/mol. The average Bonchev–Trinajstić information content (AvgIpc) is 3.36. The van der Waals surface area contributed by atoms with Crippen LogP contribution >= 0.6 is 0 Å². The number of carbonyl (C=O) groups is 2. The minimum atomic E-state index is -0.138. The molecular formula is C21H23N5O3. The van der Waals surface area contributed by atoms with Gasteiger partial charge in [0.1, 0.15) is 16.8 Å². The number of fused-ring (bicyclic) bond motifs is 1. The van der Waals surface area contributed by atoms with Gasteiger partial charge in [-0.3, -0.25) is 9.59 Å². The summed E-state index contributed by atoms with van der Waals surface area (Å²) in [5, 5.41) is 16.7. The fourth-order valence-electron chi connectivity index (χ4n) is 3.79. The minimum Gasteiger partial charge on any atom is -0.496 e. The third kappa shape index (κ3) is 4.37. The van der Waals surface area contributed by atoms with Crippen molar-refractivity contribution >= 4 is 22.8 Å². The zero-order chi connectivity index (χ0) is 20.2. The van der Waals surface area contributed by atoms with Crippen LogP contribution in [0.15, 0.2) is 42.5 Å². The smallest absolute Gasteiger partial charge is 0.251 e. The lowest BCUT2D eigenvalue weighted by Gasteiger charge is -2.15. The number of benzene rings is 2. The SMILES string of the molecule is COc1ccccc1CC(=O)N[C@@H]1CC[C@H](NC(=O)c2ccc3n[nH]nc3c2)C1. The van der Waals surface area contributed by atoms with Crippen molar-refractivity contribution in [2.24, 2.45) is 0 Å². The molecule has 1 heterocycles. The predicted octanol–water partition coefficient (Wildman–Crippen LogP) is 1.98. The van der Waals surface area contributed by atoms with Gasteiger partial charge in [0, 0.05) is 23.2 Å². The Morgan fingerprint density at radius 2 is 1.83 bits per heavy atom. The van der Waals surface area contributed by atoms with Crippen LogP contribution in [0.1, 0.15) is 35.2 Å². The van der Waals surface area contributed by atoms with Gasteiger partial charge in [0.2, 0.25) is 5.91 Å². The van der Waals surface area contributed by atoms with E-state index in [9.17, 15) is 9.59 Å². The number of methoxy groups -OCH3 is 1. The molecule has 3 N–H and O–H groups in total. The maximum Gasteiger partial charge on any atom is 0.251 e. The minimum absolute atomic E-state index is 0.0343. The number of hydrogen-bond acceptors (Lipinski definition) is 5. The summed E-state index contributed by atoms with van der Waals surface area (Å²) in [6.45, 7) is 0. The van der Waals surface area contributed by atoms with E-state index < -0.39 is 0 Å². The van der Waals surface area contributed by atoms with Gasteiger partial charge in [-0.05, 0) is 43.5 Å². The van der Waals surface area contributed by atoms with E-state index in [4.69, 9.17) is 4.74 Å². The molecule has 0 radical (unpaired) electrons. The van der Waals surface area contributed by atoms with Crippen LogP contribution in [-0.4, -0.2) is 46.4 Å². The Bertz CT molecular complexity index is 1030.